The van der Waals surface area contributed by atoms with Crippen LogP contribution in [0.25, 0.3) is 0 Å². The first-order chi connectivity index (χ1) is 9.69. The van der Waals surface area contributed by atoms with Crippen LogP contribution in [0.15, 0.2) is 24.3 Å². The highest BCUT2D eigenvalue weighted by Crippen LogP contribution is 2.37. The molecule has 1 heterocycles. The van der Waals surface area contributed by atoms with E-state index < -0.39 is 6.10 Å². The van der Waals surface area contributed by atoms with Gasteiger partial charge in [-0.25, -0.2) is 0 Å². The van der Waals surface area contributed by atoms with Crippen molar-refractivity contribution in [1.29, 1.82) is 0 Å². The lowest BCUT2D eigenvalue weighted by atomic mass is 9.98. The molecule has 1 aliphatic rings. The first-order valence-electron chi connectivity index (χ1n) is 6.82. The molecule has 20 heavy (non-hydrogen) atoms. The molecule has 3 rings (SSSR count). The Hall–Kier alpha value is -1.03. The first-order valence-corrected chi connectivity index (χ1v) is 8.01. The quantitative estimate of drug-likeness (QED) is 0.912. The summed E-state index contributed by atoms with van der Waals surface area (Å²) in [5.74, 6) is 0.601. The van der Waals surface area contributed by atoms with E-state index in [-0.39, 0.29) is 0 Å². The second-order valence-corrected chi connectivity index (χ2v) is 6.68. The molecule has 0 amide bonds. The van der Waals surface area contributed by atoms with E-state index in [2.05, 4.69) is 6.07 Å². The summed E-state index contributed by atoms with van der Waals surface area (Å²) in [7, 11) is 1.58. The number of fused-ring (bicyclic) bond motifs is 1. The van der Waals surface area contributed by atoms with Crippen molar-refractivity contribution < 1.29 is 9.84 Å². The molecule has 0 saturated carbocycles. The van der Waals surface area contributed by atoms with E-state index in [1.54, 1.807) is 24.5 Å². The molecule has 1 N–H and O–H groups in total. The monoisotopic (exact) mass is 308 g/mol. The number of hydrogen-bond acceptors (Lipinski definition) is 3. The van der Waals surface area contributed by atoms with Gasteiger partial charge < -0.3 is 9.84 Å². The van der Waals surface area contributed by atoms with E-state index in [1.165, 1.54) is 23.3 Å². The van der Waals surface area contributed by atoms with Gasteiger partial charge in [-0.15, -0.1) is 11.3 Å². The Kier molecular flexibility index (Phi) is 4.01. The minimum Gasteiger partial charge on any atom is -0.495 e. The number of benzene rings is 1. The third-order valence-electron chi connectivity index (χ3n) is 3.78. The fourth-order valence-electron chi connectivity index (χ4n) is 2.66. The van der Waals surface area contributed by atoms with Crippen LogP contribution < -0.4 is 4.74 Å². The lowest BCUT2D eigenvalue weighted by Gasteiger charge is -2.11. The Labute approximate surface area is 128 Å². The number of halogens is 1. The molecule has 1 atom stereocenters. The average molecular weight is 309 g/mol. The zero-order valence-electron chi connectivity index (χ0n) is 11.4. The molecule has 2 aromatic rings. The maximum atomic E-state index is 10.6. The molecule has 1 aromatic heterocycles. The first kappa shape index (κ1) is 13.9. The zero-order chi connectivity index (χ0) is 14.1. The number of methoxy groups -OCH3 is 1. The molecule has 0 aliphatic heterocycles. The van der Waals surface area contributed by atoms with E-state index in [0.29, 0.717) is 10.8 Å². The number of hydrogen-bond donors (Lipinski definition) is 1. The van der Waals surface area contributed by atoms with Crippen LogP contribution >= 0.6 is 22.9 Å². The van der Waals surface area contributed by atoms with Crippen LogP contribution in [0, 0.1) is 0 Å². The van der Waals surface area contributed by atoms with Gasteiger partial charge in [0.1, 0.15) is 11.9 Å². The summed E-state index contributed by atoms with van der Waals surface area (Å²) < 4.78 is 5.21. The van der Waals surface area contributed by atoms with Gasteiger partial charge in [0.25, 0.3) is 0 Å². The second kappa shape index (κ2) is 5.76. The number of aryl methyl sites for hydroxylation is 2. The molecule has 0 fully saturated rings. The lowest BCUT2D eigenvalue weighted by Crippen LogP contribution is -1.98. The maximum Gasteiger partial charge on any atom is 0.137 e. The Morgan fingerprint density at radius 1 is 1.25 bits per heavy atom. The zero-order valence-corrected chi connectivity index (χ0v) is 12.9. The van der Waals surface area contributed by atoms with Gasteiger partial charge in [0.2, 0.25) is 0 Å². The van der Waals surface area contributed by atoms with Crippen LogP contribution in [-0.2, 0) is 12.8 Å². The minimum atomic E-state index is -0.600. The van der Waals surface area contributed by atoms with Gasteiger partial charge in [0.15, 0.2) is 0 Å². The van der Waals surface area contributed by atoms with Crippen molar-refractivity contribution in [2.45, 2.75) is 31.8 Å². The van der Waals surface area contributed by atoms with Crippen molar-refractivity contribution >= 4 is 22.9 Å². The summed E-state index contributed by atoms with van der Waals surface area (Å²) in [5.41, 5.74) is 2.24. The highest BCUT2D eigenvalue weighted by atomic mass is 35.5. The highest BCUT2D eigenvalue weighted by Gasteiger charge is 2.19. The number of rotatable bonds is 3. The molecular formula is C16H17ClO2S. The fourth-order valence-corrected chi connectivity index (χ4v) is 4.13. The summed E-state index contributed by atoms with van der Waals surface area (Å²) in [6, 6.07) is 7.59. The van der Waals surface area contributed by atoms with Crippen LogP contribution in [0.1, 0.15) is 39.8 Å². The Balaban J connectivity index is 1.91. The summed E-state index contributed by atoms with van der Waals surface area (Å²) in [6.45, 7) is 0. The van der Waals surface area contributed by atoms with Gasteiger partial charge in [0, 0.05) is 9.75 Å². The molecular weight excluding hydrogens is 292 g/mol. The SMILES string of the molecule is COc1cc(C(O)c2cc3c(s2)CCCC3)ccc1Cl. The third kappa shape index (κ3) is 2.58. The molecule has 2 nitrogen and oxygen atoms in total. The van der Waals surface area contributed by atoms with Crippen molar-refractivity contribution in [3.05, 3.63) is 50.2 Å². The van der Waals surface area contributed by atoms with E-state index in [9.17, 15) is 5.11 Å². The molecule has 106 valence electrons. The normalized spacial score (nSPS) is 15.8. The number of aliphatic hydroxyl groups excluding tert-OH is 1. The van der Waals surface area contributed by atoms with E-state index in [1.807, 2.05) is 12.1 Å². The Morgan fingerprint density at radius 3 is 2.80 bits per heavy atom. The van der Waals surface area contributed by atoms with Crippen LogP contribution in [0.4, 0.5) is 0 Å². The van der Waals surface area contributed by atoms with Crippen molar-refractivity contribution in [2.75, 3.05) is 7.11 Å². The minimum absolute atomic E-state index is 0.564. The molecule has 4 heteroatoms. The van der Waals surface area contributed by atoms with Crippen molar-refractivity contribution in [3.8, 4) is 5.75 Å². The van der Waals surface area contributed by atoms with Crippen molar-refractivity contribution in [1.82, 2.24) is 0 Å². The molecule has 1 unspecified atom stereocenters. The standard InChI is InChI=1S/C16H17ClO2S/c1-19-13-8-11(6-7-12(13)17)16(18)15-9-10-4-2-3-5-14(10)20-15/h6-9,16,18H,2-5H2,1H3. The molecule has 0 saturated heterocycles. The van der Waals surface area contributed by atoms with Crippen molar-refractivity contribution in [3.63, 3.8) is 0 Å². The summed E-state index contributed by atoms with van der Waals surface area (Å²) in [4.78, 5) is 2.45. The van der Waals surface area contributed by atoms with Crippen LogP contribution in [0.2, 0.25) is 5.02 Å². The Bertz CT molecular complexity index is 597. The van der Waals surface area contributed by atoms with Gasteiger partial charge >= 0.3 is 0 Å². The van der Waals surface area contributed by atoms with Gasteiger partial charge in [0.05, 0.1) is 12.1 Å². The van der Waals surface area contributed by atoms with Crippen LogP contribution in [-0.4, -0.2) is 12.2 Å². The van der Waals surface area contributed by atoms with Gasteiger partial charge in [-0.3, -0.25) is 0 Å². The van der Waals surface area contributed by atoms with E-state index >= 15 is 0 Å². The van der Waals surface area contributed by atoms with E-state index in [4.69, 9.17) is 16.3 Å². The van der Waals surface area contributed by atoms with Crippen LogP contribution in [0.5, 0.6) is 5.75 Å². The molecule has 0 radical (unpaired) electrons. The number of ether oxygens (including phenoxy) is 1. The maximum absolute atomic E-state index is 10.6. The largest absolute Gasteiger partial charge is 0.495 e. The van der Waals surface area contributed by atoms with Crippen molar-refractivity contribution in [2.24, 2.45) is 0 Å². The summed E-state index contributed by atoms with van der Waals surface area (Å²) >= 11 is 7.76. The fraction of sp³-hybridized carbons (Fsp3) is 0.375. The molecule has 1 aliphatic carbocycles. The molecule has 1 aromatic carbocycles. The molecule has 0 spiro atoms. The van der Waals surface area contributed by atoms with Gasteiger partial charge in [-0.2, -0.15) is 0 Å². The second-order valence-electron chi connectivity index (χ2n) is 5.10. The smallest absolute Gasteiger partial charge is 0.137 e. The lowest BCUT2D eigenvalue weighted by molar-refractivity contribution is 0.223. The topological polar surface area (TPSA) is 29.5 Å². The summed E-state index contributed by atoms with van der Waals surface area (Å²) in [6.07, 6.45) is 4.21. The van der Waals surface area contributed by atoms with Crippen LogP contribution in [0.3, 0.4) is 0 Å². The molecule has 0 bridgehead atoms. The highest BCUT2D eigenvalue weighted by molar-refractivity contribution is 7.12. The summed E-state index contributed by atoms with van der Waals surface area (Å²) in [5, 5.41) is 11.1. The van der Waals surface area contributed by atoms with Gasteiger partial charge in [-0.05, 0) is 55.0 Å². The predicted molar refractivity (Wildman–Crippen MR) is 83.0 cm³/mol. The predicted octanol–water partition coefficient (Wildman–Crippen LogP) is 4.37. The number of thiophene rings is 1. The number of aliphatic hydroxyl groups is 1. The Morgan fingerprint density at radius 2 is 2.05 bits per heavy atom. The van der Waals surface area contributed by atoms with Gasteiger partial charge in [-0.1, -0.05) is 17.7 Å². The average Bonchev–Trinajstić information content (AvgIpc) is 2.91. The van der Waals surface area contributed by atoms with E-state index in [0.717, 1.165) is 23.3 Å². The third-order valence-corrected chi connectivity index (χ3v) is 5.38.